The monoisotopic (exact) mass is 396 g/mol. The number of hydrogen-bond donors (Lipinski definition) is 1. The summed E-state index contributed by atoms with van der Waals surface area (Å²) in [6, 6.07) is 2.02. The first-order valence-corrected chi connectivity index (χ1v) is 10.9. The third-order valence-electron chi connectivity index (χ3n) is 6.04. The highest BCUT2D eigenvalue weighted by Crippen LogP contribution is 2.41. The first-order chi connectivity index (χ1) is 14.2. The van der Waals surface area contributed by atoms with Gasteiger partial charge in [-0.15, -0.1) is 0 Å². The van der Waals surface area contributed by atoms with Gasteiger partial charge in [0, 0.05) is 25.6 Å². The number of amides is 1. The van der Waals surface area contributed by atoms with Crippen LogP contribution in [0.25, 0.3) is 0 Å². The minimum absolute atomic E-state index is 0.0606. The van der Waals surface area contributed by atoms with Crippen LogP contribution in [-0.4, -0.2) is 34.2 Å². The quantitative estimate of drug-likeness (QED) is 0.658. The lowest BCUT2D eigenvalue weighted by atomic mass is 10.0. The van der Waals surface area contributed by atoms with Crippen LogP contribution in [0.3, 0.4) is 0 Å². The van der Waals surface area contributed by atoms with Crippen LogP contribution < -0.4 is 10.1 Å². The number of nitrogens with zero attached hydrogens (tertiary/aromatic N) is 3. The number of aryl methyl sites for hydroxylation is 1. The van der Waals surface area contributed by atoms with Gasteiger partial charge in [0.05, 0.1) is 6.61 Å². The molecule has 154 valence electrons. The van der Waals surface area contributed by atoms with Crippen molar-refractivity contribution >= 4 is 5.91 Å². The lowest BCUT2D eigenvalue weighted by Gasteiger charge is -2.15. The van der Waals surface area contributed by atoms with E-state index in [9.17, 15) is 4.79 Å². The fourth-order valence-corrected chi connectivity index (χ4v) is 3.69. The van der Waals surface area contributed by atoms with E-state index in [1.807, 2.05) is 12.3 Å². The van der Waals surface area contributed by atoms with Gasteiger partial charge in [-0.2, -0.15) is 4.98 Å². The molecule has 3 aliphatic rings. The largest absolute Gasteiger partial charge is 0.491 e. The smallest absolute Gasteiger partial charge is 0.273 e. The highest BCUT2D eigenvalue weighted by atomic mass is 16.5. The van der Waals surface area contributed by atoms with Gasteiger partial charge >= 0.3 is 0 Å². The number of carbonyl (C=O) groups is 1. The van der Waals surface area contributed by atoms with Crippen LogP contribution in [-0.2, 0) is 0 Å². The Bertz CT molecular complexity index is 884. The molecule has 0 radical (unpaired) electrons. The van der Waals surface area contributed by atoms with Crippen molar-refractivity contribution in [1.29, 1.82) is 0 Å². The summed E-state index contributed by atoms with van der Waals surface area (Å²) in [4.78, 5) is 21.8. The fraction of sp³-hybridized carbons (Fsp3) is 0.636. The second kappa shape index (κ2) is 7.76. The Morgan fingerprint density at radius 3 is 2.69 bits per heavy atom. The van der Waals surface area contributed by atoms with E-state index in [1.54, 1.807) is 6.92 Å². The Morgan fingerprint density at radius 2 is 2.03 bits per heavy atom. The average Bonchev–Trinajstić information content (AvgIpc) is 3.59. The summed E-state index contributed by atoms with van der Waals surface area (Å²) in [7, 11) is 0. The van der Waals surface area contributed by atoms with Crippen molar-refractivity contribution in [3.63, 3.8) is 0 Å². The van der Waals surface area contributed by atoms with Crippen molar-refractivity contribution in [2.45, 2.75) is 63.7 Å². The third kappa shape index (κ3) is 4.77. The Morgan fingerprint density at radius 1 is 1.24 bits per heavy atom. The van der Waals surface area contributed by atoms with Crippen LogP contribution in [0.15, 0.2) is 16.8 Å². The summed E-state index contributed by atoms with van der Waals surface area (Å²) in [6.07, 6.45) is 10.1. The fourth-order valence-electron chi connectivity index (χ4n) is 3.69. The second-order valence-corrected chi connectivity index (χ2v) is 8.90. The zero-order valence-corrected chi connectivity index (χ0v) is 16.9. The zero-order valence-electron chi connectivity index (χ0n) is 16.9. The van der Waals surface area contributed by atoms with Crippen LogP contribution in [0.2, 0.25) is 0 Å². The number of carbonyl (C=O) groups excluding carboxylic acids is 1. The van der Waals surface area contributed by atoms with Crippen molar-refractivity contribution in [3.05, 3.63) is 35.2 Å². The minimum Gasteiger partial charge on any atom is -0.491 e. The normalized spacial score (nSPS) is 19.8. The topological polar surface area (TPSA) is 90.1 Å². The summed E-state index contributed by atoms with van der Waals surface area (Å²) in [6.45, 7) is 2.93. The van der Waals surface area contributed by atoms with Crippen LogP contribution in [0.1, 0.15) is 84.5 Å². The number of ether oxygens (including phenoxy) is 1. The SMILES string of the molecule is Cc1nc(C(CNC(=O)c2ncc(C3CC3)cc2OCC2CC2)CC2CC2)no1. The molecular weight excluding hydrogens is 368 g/mol. The second-order valence-electron chi connectivity index (χ2n) is 8.90. The lowest BCUT2D eigenvalue weighted by Crippen LogP contribution is -2.30. The van der Waals surface area contributed by atoms with E-state index in [2.05, 4.69) is 20.4 Å². The molecule has 0 aliphatic heterocycles. The number of pyridine rings is 1. The molecule has 3 aliphatic carbocycles. The molecule has 2 heterocycles. The van der Waals surface area contributed by atoms with Gasteiger partial charge in [0.15, 0.2) is 17.3 Å². The summed E-state index contributed by atoms with van der Waals surface area (Å²) in [5.74, 6) is 3.62. The van der Waals surface area contributed by atoms with Gasteiger partial charge in [-0.1, -0.05) is 18.0 Å². The molecule has 7 heteroatoms. The predicted molar refractivity (Wildman–Crippen MR) is 106 cm³/mol. The Kier molecular flexibility index (Phi) is 4.97. The highest BCUT2D eigenvalue weighted by Gasteiger charge is 2.30. The van der Waals surface area contributed by atoms with E-state index in [1.165, 1.54) is 44.1 Å². The summed E-state index contributed by atoms with van der Waals surface area (Å²) < 4.78 is 11.2. The zero-order chi connectivity index (χ0) is 19.8. The maximum atomic E-state index is 12.9. The molecule has 2 aromatic rings. The first-order valence-electron chi connectivity index (χ1n) is 10.9. The lowest BCUT2D eigenvalue weighted by molar-refractivity contribution is 0.0940. The van der Waals surface area contributed by atoms with Gasteiger partial charge in [-0.05, 0) is 61.5 Å². The maximum absolute atomic E-state index is 12.9. The minimum atomic E-state index is -0.195. The van der Waals surface area contributed by atoms with Crippen LogP contribution >= 0.6 is 0 Å². The molecule has 5 rings (SSSR count). The van der Waals surface area contributed by atoms with Gasteiger partial charge in [0.2, 0.25) is 5.89 Å². The average molecular weight is 396 g/mol. The van der Waals surface area contributed by atoms with E-state index in [0.717, 1.165) is 6.42 Å². The van der Waals surface area contributed by atoms with Gasteiger partial charge in [-0.25, -0.2) is 4.98 Å². The van der Waals surface area contributed by atoms with Crippen molar-refractivity contribution in [2.24, 2.45) is 11.8 Å². The van der Waals surface area contributed by atoms with Crippen LogP contribution in [0.5, 0.6) is 5.75 Å². The molecule has 29 heavy (non-hydrogen) atoms. The van der Waals surface area contributed by atoms with Gasteiger partial charge in [-0.3, -0.25) is 4.79 Å². The molecule has 1 N–H and O–H groups in total. The van der Waals surface area contributed by atoms with E-state index in [4.69, 9.17) is 9.26 Å². The van der Waals surface area contributed by atoms with Crippen molar-refractivity contribution in [2.75, 3.05) is 13.2 Å². The molecule has 1 amide bonds. The van der Waals surface area contributed by atoms with Crippen molar-refractivity contribution < 1.29 is 14.1 Å². The molecule has 3 fully saturated rings. The van der Waals surface area contributed by atoms with Crippen molar-refractivity contribution in [1.82, 2.24) is 20.4 Å². The Balaban J connectivity index is 1.28. The Labute approximate surface area is 170 Å². The number of hydrogen-bond acceptors (Lipinski definition) is 6. The van der Waals surface area contributed by atoms with Crippen LogP contribution in [0.4, 0.5) is 0 Å². The van der Waals surface area contributed by atoms with Crippen LogP contribution in [0, 0.1) is 18.8 Å². The maximum Gasteiger partial charge on any atom is 0.273 e. The van der Waals surface area contributed by atoms with E-state index in [-0.39, 0.29) is 11.8 Å². The number of aromatic nitrogens is 3. The van der Waals surface area contributed by atoms with E-state index < -0.39 is 0 Å². The molecule has 2 aromatic heterocycles. The molecule has 0 spiro atoms. The van der Waals surface area contributed by atoms with E-state index in [0.29, 0.717) is 54.1 Å². The number of rotatable bonds is 10. The molecule has 0 aromatic carbocycles. The summed E-state index contributed by atoms with van der Waals surface area (Å²) >= 11 is 0. The standard InChI is InChI=1S/C22H28N4O3/c1-13-25-21(26-29-13)18(8-14-2-3-14)11-24-22(27)20-19(28-12-15-4-5-15)9-17(10-23-20)16-6-7-16/h9-10,14-16,18H,2-8,11-12H2,1H3,(H,24,27). The van der Waals surface area contributed by atoms with Gasteiger partial charge < -0.3 is 14.6 Å². The summed E-state index contributed by atoms with van der Waals surface area (Å²) in [5.41, 5.74) is 1.56. The van der Waals surface area contributed by atoms with E-state index >= 15 is 0 Å². The Hall–Kier alpha value is -2.44. The first kappa shape index (κ1) is 18.6. The molecule has 1 unspecified atom stereocenters. The predicted octanol–water partition coefficient (Wildman–Crippen LogP) is 3.75. The molecule has 0 saturated heterocycles. The van der Waals surface area contributed by atoms with Gasteiger partial charge in [0.1, 0.15) is 0 Å². The molecule has 0 bridgehead atoms. The van der Waals surface area contributed by atoms with Crippen molar-refractivity contribution in [3.8, 4) is 5.75 Å². The number of nitrogens with one attached hydrogen (secondary N) is 1. The third-order valence-corrected chi connectivity index (χ3v) is 6.04. The van der Waals surface area contributed by atoms with Gasteiger partial charge in [0.25, 0.3) is 5.91 Å². The molecular formula is C22H28N4O3. The summed E-state index contributed by atoms with van der Waals surface area (Å²) in [5, 5.41) is 7.13. The molecule has 7 nitrogen and oxygen atoms in total. The molecule has 3 saturated carbocycles. The highest BCUT2D eigenvalue weighted by molar-refractivity contribution is 5.95. The molecule has 1 atom stereocenters.